The predicted molar refractivity (Wildman–Crippen MR) is 124 cm³/mol. The van der Waals surface area contributed by atoms with Crippen molar-refractivity contribution in [3.63, 3.8) is 0 Å². The van der Waals surface area contributed by atoms with Gasteiger partial charge < -0.3 is 4.42 Å². The van der Waals surface area contributed by atoms with Crippen LogP contribution in [0.2, 0.25) is 0 Å². The number of thiocarbonyl (C=S) groups is 1. The average molecular weight is 467 g/mol. The molecule has 2 heterocycles. The fraction of sp³-hybridized carbons (Fsp3) is 0.0476. The van der Waals surface area contributed by atoms with E-state index in [2.05, 4.69) is 0 Å². The smallest absolute Gasteiger partial charge is 0.273 e. The fourth-order valence-corrected chi connectivity index (χ4v) is 4.37. The first-order valence-electron chi connectivity index (χ1n) is 9.12. The van der Waals surface area contributed by atoms with E-state index >= 15 is 0 Å². The highest BCUT2D eigenvalue weighted by Gasteiger charge is 2.33. The lowest BCUT2D eigenvalue weighted by Crippen LogP contribution is -2.27. The summed E-state index contributed by atoms with van der Waals surface area (Å²) in [6.45, 7) is 1.66. The van der Waals surface area contributed by atoms with Gasteiger partial charge in [0.05, 0.1) is 20.4 Å². The summed E-state index contributed by atoms with van der Waals surface area (Å²) in [5, 5.41) is 22.0. The Hall–Kier alpha value is -3.83. The molecule has 9 nitrogen and oxygen atoms in total. The molecule has 0 N–H and O–H groups in total. The third kappa shape index (κ3) is 4.03. The molecule has 0 unspecified atom stereocenters. The molecule has 1 fully saturated rings. The molecule has 32 heavy (non-hydrogen) atoms. The number of amides is 1. The maximum absolute atomic E-state index is 12.9. The third-order valence-corrected chi connectivity index (χ3v) is 6.01. The zero-order valence-electron chi connectivity index (χ0n) is 16.4. The van der Waals surface area contributed by atoms with Gasteiger partial charge in [0.2, 0.25) is 0 Å². The Balaban J connectivity index is 1.59. The van der Waals surface area contributed by atoms with E-state index in [1.54, 1.807) is 31.2 Å². The van der Waals surface area contributed by atoms with Crippen molar-refractivity contribution in [3.8, 4) is 11.3 Å². The lowest BCUT2D eigenvalue weighted by atomic mass is 10.1. The van der Waals surface area contributed by atoms with E-state index in [-0.39, 0.29) is 21.6 Å². The van der Waals surface area contributed by atoms with Crippen LogP contribution in [0.1, 0.15) is 11.3 Å². The van der Waals surface area contributed by atoms with Crippen molar-refractivity contribution >= 4 is 57.3 Å². The van der Waals surface area contributed by atoms with Crippen LogP contribution >= 0.6 is 24.0 Å². The molecule has 1 aliphatic rings. The topological polar surface area (TPSA) is 120 Å². The van der Waals surface area contributed by atoms with E-state index in [0.717, 1.165) is 11.8 Å². The van der Waals surface area contributed by atoms with Crippen LogP contribution in [0.25, 0.3) is 17.4 Å². The summed E-state index contributed by atoms with van der Waals surface area (Å²) >= 11 is 6.39. The minimum absolute atomic E-state index is 0.00980. The first-order chi connectivity index (χ1) is 15.2. The Kier molecular flexibility index (Phi) is 5.59. The number of hydrogen-bond donors (Lipinski definition) is 0. The number of anilines is 1. The lowest BCUT2D eigenvalue weighted by molar-refractivity contribution is -0.385. The molecule has 0 atom stereocenters. The zero-order chi connectivity index (χ0) is 23.0. The van der Waals surface area contributed by atoms with Gasteiger partial charge in [-0.15, -0.1) is 0 Å². The molecule has 1 saturated heterocycles. The molecule has 1 aliphatic heterocycles. The van der Waals surface area contributed by atoms with Crippen LogP contribution in [-0.2, 0) is 4.79 Å². The van der Waals surface area contributed by atoms with Gasteiger partial charge in [-0.3, -0.25) is 29.9 Å². The Morgan fingerprint density at radius 2 is 1.75 bits per heavy atom. The molecule has 4 rings (SSSR count). The van der Waals surface area contributed by atoms with Crippen molar-refractivity contribution in [3.05, 3.63) is 91.1 Å². The van der Waals surface area contributed by atoms with E-state index in [0.29, 0.717) is 33.2 Å². The first kappa shape index (κ1) is 21.4. The van der Waals surface area contributed by atoms with Crippen molar-refractivity contribution in [2.45, 2.75) is 6.92 Å². The summed E-state index contributed by atoms with van der Waals surface area (Å²) in [5.41, 5.74) is 1.41. The maximum atomic E-state index is 12.9. The normalized spacial score (nSPS) is 14.9. The van der Waals surface area contributed by atoms with Gasteiger partial charge in [0, 0.05) is 35.4 Å². The van der Waals surface area contributed by atoms with Gasteiger partial charge in [-0.25, -0.2) is 0 Å². The molecular formula is C21H13N3O6S2. The van der Waals surface area contributed by atoms with Crippen LogP contribution in [0.15, 0.2) is 63.9 Å². The second-order valence-electron chi connectivity index (χ2n) is 6.75. The van der Waals surface area contributed by atoms with E-state index in [4.69, 9.17) is 16.6 Å². The molecule has 1 amide bonds. The summed E-state index contributed by atoms with van der Waals surface area (Å²) in [4.78, 5) is 35.5. The lowest BCUT2D eigenvalue weighted by Gasteiger charge is -2.13. The zero-order valence-corrected chi connectivity index (χ0v) is 18.0. The summed E-state index contributed by atoms with van der Waals surface area (Å²) < 4.78 is 6.06. The molecule has 1 aromatic heterocycles. The summed E-state index contributed by atoms with van der Waals surface area (Å²) in [5.74, 6) is 0.426. The largest absolute Gasteiger partial charge is 0.457 e. The number of benzene rings is 2. The summed E-state index contributed by atoms with van der Waals surface area (Å²) in [6, 6.07) is 13.6. The van der Waals surface area contributed by atoms with Crippen LogP contribution in [0.3, 0.4) is 0 Å². The maximum Gasteiger partial charge on any atom is 0.273 e. The van der Waals surface area contributed by atoms with E-state index in [1.807, 2.05) is 0 Å². The second kappa shape index (κ2) is 8.36. The van der Waals surface area contributed by atoms with Gasteiger partial charge in [-0.1, -0.05) is 36.1 Å². The number of nitro groups is 2. The molecule has 0 spiro atoms. The van der Waals surface area contributed by atoms with Gasteiger partial charge in [-0.05, 0) is 31.2 Å². The number of aryl methyl sites for hydroxylation is 1. The van der Waals surface area contributed by atoms with Crippen LogP contribution in [-0.4, -0.2) is 20.1 Å². The highest BCUT2D eigenvalue weighted by molar-refractivity contribution is 8.27. The molecule has 0 bridgehead atoms. The molecule has 11 heteroatoms. The number of rotatable bonds is 5. The van der Waals surface area contributed by atoms with Crippen molar-refractivity contribution < 1.29 is 19.1 Å². The number of thioether (sulfide) groups is 1. The highest BCUT2D eigenvalue weighted by Crippen LogP contribution is 2.37. The number of non-ortho nitro benzene ring substituents is 1. The van der Waals surface area contributed by atoms with Gasteiger partial charge in [0.15, 0.2) is 4.32 Å². The molecule has 0 aliphatic carbocycles. The van der Waals surface area contributed by atoms with Gasteiger partial charge in [0.1, 0.15) is 11.5 Å². The number of carbonyl (C=O) groups excluding carboxylic acids is 1. The standard InChI is InChI=1S/C21H13N3O6S2/c1-12-2-3-13(10-17(12)24(28)29)18-9-8-16(30-18)11-19-20(25)22(21(31)32-19)14-4-6-15(7-5-14)23(26)27/h2-11H,1H3/b19-11-. The molecule has 0 radical (unpaired) electrons. The predicted octanol–water partition coefficient (Wildman–Crippen LogP) is 5.48. The quantitative estimate of drug-likeness (QED) is 0.209. The highest BCUT2D eigenvalue weighted by atomic mass is 32.2. The van der Waals surface area contributed by atoms with Crippen molar-refractivity contribution in [2.24, 2.45) is 0 Å². The Morgan fingerprint density at radius 3 is 2.41 bits per heavy atom. The second-order valence-corrected chi connectivity index (χ2v) is 8.43. The first-order valence-corrected chi connectivity index (χ1v) is 10.3. The van der Waals surface area contributed by atoms with Crippen molar-refractivity contribution in [1.82, 2.24) is 0 Å². The Morgan fingerprint density at radius 1 is 1.03 bits per heavy atom. The number of nitro benzene ring substituents is 2. The monoisotopic (exact) mass is 467 g/mol. The SMILES string of the molecule is Cc1ccc(-c2ccc(/C=C3\SC(=S)N(c4ccc([N+](=O)[O-])cc4)C3=O)o2)cc1[N+](=O)[O-]. The van der Waals surface area contributed by atoms with Crippen molar-refractivity contribution in [1.29, 1.82) is 0 Å². The number of furan rings is 1. The molecular weight excluding hydrogens is 454 g/mol. The van der Waals surface area contributed by atoms with Crippen molar-refractivity contribution in [2.75, 3.05) is 4.90 Å². The van der Waals surface area contributed by atoms with Gasteiger partial charge in [0.25, 0.3) is 17.3 Å². The van der Waals surface area contributed by atoms with E-state index < -0.39 is 9.85 Å². The third-order valence-electron chi connectivity index (χ3n) is 4.70. The fourth-order valence-electron chi connectivity index (χ4n) is 3.09. The van der Waals surface area contributed by atoms with Gasteiger partial charge in [-0.2, -0.15) is 0 Å². The minimum Gasteiger partial charge on any atom is -0.457 e. The van der Waals surface area contributed by atoms with Crippen LogP contribution in [0, 0.1) is 27.2 Å². The molecule has 3 aromatic rings. The average Bonchev–Trinajstić information content (AvgIpc) is 3.32. The molecule has 0 saturated carbocycles. The molecule has 2 aromatic carbocycles. The molecule has 160 valence electrons. The Bertz CT molecular complexity index is 1310. The number of nitrogens with zero attached hydrogens (tertiary/aromatic N) is 3. The summed E-state index contributed by atoms with van der Waals surface area (Å²) in [7, 11) is 0. The van der Waals surface area contributed by atoms with Gasteiger partial charge >= 0.3 is 0 Å². The minimum atomic E-state index is -0.523. The van der Waals surface area contributed by atoms with Crippen LogP contribution < -0.4 is 4.90 Å². The van der Waals surface area contributed by atoms with E-state index in [9.17, 15) is 25.0 Å². The number of hydrogen-bond acceptors (Lipinski definition) is 8. The Labute approximate surface area is 190 Å². The van der Waals surface area contributed by atoms with Crippen LogP contribution in [0.5, 0.6) is 0 Å². The van der Waals surface area contributed by atoms with E-state index in [1.165, 1.54) is 41.3 Å². The van der Waals surface area contributed by atoms with Crippen LogP contribution in [0.4, 0.5) is 17.1 Å². The summed E-state index contributed by atoms with van der Waals surface area (Å²) in [6.07, 6.45) is 1.54. The number of carbonyl (C=O) groups is 1.